The molecule has 89 heavy (non-hydrogen) atoms. The molecule has 428 valence electrons. The average Bonchev–Trinajstić information content (AvgIpc) is 1.71. The molecular formula is C82H61BrN4S2. The lowest BCUT2D eigenvalue weighted by Gasteiger charge is -2.42. The fraction of sp³-hybridized carbons (Fsp3) is 0.0732. The number of hydrogen-bond acceptors (Lipinski definition) is 4. The van der Waals surface area contributed by atoms with E-state index >= 15 is 0 Å². The highest BCUT2D eigenvalue weighted by atomic mass is 79.9. The van der Waals surface area contributed by atoms with Gasteiger partial charge in [-0.25, -0.2) is 0 Å². The van der Waals surface area contributed by atoms with Crippen molar-refractivity contribution in [3.05, 3.63) is 318 Å². The standard InChI is InChI=1S/C41H30N2S.C21H18BrN.C20H13NS/c1-41(2)34-12-6-8-14-36(34)43(37-15-9-7-13-35(37)41)31-19-17-30(18-20-31)42-23-22-29-25-40-33(26-38(29)42)32-24-28(16-21-39(32)44-40)27-10-4-3-5-11-27;1-21(2)17-7-3-5-9-19(17)23(16-13-11-15(22)12-14-16)20-10-6-4-8-18(20)21;1-2-4-13(5-3-1)14-6-7-19-16(10-14)17-12-18-15(8-9-21-18)11-20(17)22-19/h3-26H,1-2H3;3-14H,1-2H3;1-12,21H. The van der Waals surface area contributed by atoms with Gasteiger partial charge >= 0.3 is 0 Å². The minimum atomic E-state index is -0.0628. The number of H-pyrrole nitrogens is 1. The molecule has 0 saturated heterocycles. The van der Waals surface area contributed by atoms with Crippen LogP contribution in [-0.4, -0.2) is 9.55 Å². The molecule has 16 aromatic rings. The fourth-order valence-corrected chi connectivity index (χ4v) is 16.3. The van der Waals surface area contributed by atoms with E-state index in [9.17, 15) is 0 Å². The molecule has 6 heterocycles. The SMILES string of the molecule is CC1(C)c2ccccc2N(c2ccc(-n3ccc4cc5sc6ccc(-c7ccccc7)cc6c5cc43)cc2)c2ccccc21.CC1(C)c2ccccc2N(c2ccc(Br)cc2)c2ccccc21.c1ccc(-c2ccc3sc4cc5cc[nH]c5cc4c3c2)cc1. The van der Waals surface area contributed by atoms with E-state index in [0.29, 0.717) is 0 Å². The monoisotopic (exact) mass is 1240 g/mol. The zero-order chi connectivity index (χ0) is 60.0. The van der Waals surface area contributed by atoms with Crippen molar-refractivity contribution in [1.82, 2.24) is 9.55 Å². The van der Waals surface area contributed by atoms with E-state index in [0.717, 1.165) is 10.2 Å². The summed E-state index contributed by atoms with van der Waals surface area (Å²) in [6.07, 6.45) is 4.21. The first-order valence-electron chi connectivity index (χ1n) is 30.4. The molecule has 0 aliphatic carbocycles. The Bertz CT molecular complexity index is 5240. The summed E-state index contributed by atoms with van der Waals surface area (Å²) in [7, 11) is 0. The van der Waals surface area contributed by atoms with Crippen molar-refractivity contribution in [2.75, 3.05) is 9.80 Å². The lowest BCUT2D eigenvalue weighted by Crippen LogP contribution is -2.30. The lowest BCUT2D eigenvalue weighted by molar-refractivity contribution is 0.632. The van der Waals surface area contributed by atoms with Gasteiger partial charge in [-0.3, -0.25) is 0 Å². The molecule has 0 bridgehead atoms. The van der Waals surface area contributed by atoms with Crippen LogP contribution in [0.5, 0.6) is 0 Å². The molecule has 4 aromatic heterocycles. The Kier molecular flexibility index (Phi) is 13.4. The van der Waals surface area contributed by atoms with Gasteiger partial charge in [0.1, 0.15) is 0 Å². The van der Waals surface area contributed by atoms with Crippen molar-refractivity contribution in [3.63, 3.8) is 0 Å². The van der Waals surface area contributed by atoms with Gasteiger partial charge in [-0.2, -0.15) is 0 Å². The Balaban J connectivity index is 0.000000119. The smallest absolute Gasteiger partial charge is 0.0535 e. The maximum absolute atomic E-state index is 3.53. The first-order chi connectivity index (χ1) is 43.5. The quantitative estimate of drug-likeness (QED) is 0.186. The maximum atomic E-state index is 3.53. The molecule has 2 aliphatic heterocycles. The summed E-state index contributed by atoms with van der Waals surface area (Å²) in [5.41, 5.74) is 21.4. The number of nitrogens with one attached hydrogen (secondary N) is 1. The Morgan fingerprint density at radius 3 is 1.22 bits per heavy atom. The molecule has 18 rings (SSSR count). The fourth-order valence-electron chi connectivity index (χ4n) is 13.8. The van der Waals surface area contributed by atoms with Gasteiger partial charge in [-0.05, 0) is 178 Å². The zero-order valence-corrected chi connectivity index (χ0v) is 53.0. The third-order valence-corrected chi connectivity index (χ3v) is 21.2. The van der Waals surface area contributed by atoms with Gasteiger partial charge in [-0.15, -0.1) is 22.7 Å². The number of aromatic nitrogens is 2. The van der Waals surface area contributed by atoms with Crippen molar-refractivity contribution in [2.45, 2.75) is 38.5 Å². The van der Waals surface area contributed by atoms with Gasteiger partial charge in [0.25, 0.3) is 0 Å². The predicted molar refractivity (Wildman–Crippen MR) is 386 cm³/mol. The third-order valence-electron chi connectivity index (χ3n) is 18.4. The number of rotatable bonds is 5. The number of anilines is 6. The van der Waals surface area contributed by atoms with Crippen LogP contribution in [0.3, 0.4) is 0 Å². The van der Waals surface area contributed by atoms with Crippen molar-refractivity contribution in [2.24, 2.45) is 0 Å². The summed E-state index contributed by atoms with van der Waals surface area (Å²) in [5.74, 6) is 0. The van der Waals surface area contributed by atoms with Crippen molar-refractivity contribution in [3.8, 4) is 27.9 Å². The van der Waals surface area contributed by atoms with Crippen molar-refractivity contribution in [1.29, 1.82) is 0 Å². The molecule has 0 saturated carbocycles. The van der Waals surface area contributed by atoms with E-state index in [-0.39, 0.29) is 10.8 Å². The molecule has 4 nitrogen and oxygen atoms in total. The topological polar surface area (TPSA) is 27.2 Å². The zero-order valence-electron chi connectivity index (χ0n) is 49.7. The van der Waals surface area contributed by atoms with E-state index in [1.807, 2.05) is 28.9 Å². The summed E-state index contributed by atoms with van der Waals surface area (Å²) in [6.45, 7) is 9.28. The number of fused-ring (bicyclic) bond motifs is 12. The molecule has 0 radical (unpaired) electrons. The second kappa shape index (κ2) is 21.8. The molecule has 0 spiro atoms. The van der Waals surface area contributed by atoms with Crippen LogP contribution in [0.15, 0.2) is 296 Å². The van der Waals surface area contributed by atoms with E-state index in [2.05, 4.69) is 348 Å². The Morgan fingerprint density at radius 2 is 0.742 bits per heavy atom. The lowest BCUT2D eigenvalue weighted by atomic mass is 9.73. The van der Waals surface area contributed by atoms with Crippen LogP contribution in [0.4, 0.5) is 34.1 Å². The van der Waals surface area contributed by atoms with Gasteiger partial charge in [0.05, 0.1) is 28.3 Å². The summed E-state index contributed by atoms with van der Waals surface area (Å²) < 4.78 is 8.78. The third kappa shape index (κ3) is 9.46. The molecule has 12 aromatic carbocycles. The minimum absolute atomic E-state index is 0.000942. The Labute approximate surface area is 535 Å². The summed E-state index contributed by atoms with van der Waals surface area (Å²) >= 11 is 7.28. The number of aromatic amines is 1. The van der Waals surface area contributed by atoms with E-state index in [1.165, 1.54) is 141 Å². The second-order valence-electron chi connectivity index (χ2n) is 24.3. The molecule has 7 heteroatoms. The van der Waals surface area contributed by atoms with Gasteiger partial charge in [0, 0.05) is 101 Å². The number of para-hydroxylation sites is 4. The molecule has 1 N–H and O–H groups in total. The van der Waals surface area contributed by atoms with Gasteiger partial charge in [-0.1, -0.05) is 189 Å². The highest BCUT2D eigenvalue weighted by Gasteiger charge is 2.38. The summed E-state index contributed by atoms with van der Waals surface area (Å²) in [5, 5.41) is 7.86. The number of benzene rings is 12. The molecular weight excluding hydrogens is 1180 g/mol. The van der Waals surface area contributed by atoms with Crippen LogP contribution in [0.2, 0.25) is 0 Å². The predicted octanol–water partition coefficient (Wildman–Crippen LogP) is 24.5. The highest BCUT2D eigenvalue weighted by Crippen LogP contribution is 2.54. The number of halogens is 1. The minimum Gasteiger partial charge on any atom is -0.361 e. The van der Waals surface area contributed by atoms with E-state index in [4.69, 9.17) is 0 Å². The Morgan fingerprint density at radius 1 is 0.337 bits per heavy atom. The average molecular weight is 1250 g/mol. The van der Waals surface area contributed by atoms with Crippen molar-refractivity contribution < 1.29 is 0 Å². The highest BCUT2D eigenvalue weighted by molar-refractivity contribution is 9.10. The molecule has 0 amide bonds. The molecule has 0 fully saturated rings. The second-order valence-corrected chi connectivity index (χ2v) is 27.4. The first kappa shape index (κ1) is 54.6. The van der Waals surface area contributed by atoms with E-state index in [1.54, 1.807) is 0 Å². The van der Waals surface area contributed by atoms with Crippen LogP contribution >= 0.6 is 38.6 Å². The molecule has 0 atom stereocenters. The van der Waals surface area contributed by atoms with Crippen LogP contribution < -0.4 is 9.80 Å². The number of nitrogens with zero attached hydrogens (tertiary/aromatic N) is 3. The van der Waals surface area contributed by atoms with Gasteiger partial charge in [0.2, 0.25) is 0 Å². The van der Waals surface area contributed by atoms with Crippen LogP contribution in [0.1, 0.15) is 49.9 Å². The van der Waals surface area contributed by atoms with Gasteiger partial charge < -0.3 is 19.4 Å². The Hall–Kier alpha value is -9.76. The summed E-state index contributed by atoms with van der Waals surface area (Å²) in [6, 6.07) is 101. The number of thiophene rings is 2. The molecule has 2 aliphatic rings. The molecule has 0 unspecified atom stereocenters. The van der Waals surface area contributed by atoms with Gasteiger partial charge in [0.15, 0.2) is 0 Å². The van der Waals surface area contributed by atoms with Crippen molar-refractivity contribution >= 4 is 135 Å². The largest absolute Gasteiger partial charge is 0.361 e. The van der Waals surface area contributed by atoms with E-state index < -0.39 is 0 Å². The summed E-state index contributed by atoms with van der Waals surface area (Å²) in [4.78, 5) is 8.10. The number of hydrogen-bond donors (Lipinski definition) is 1. The van der Waals surface area contributed by atoms with Crippen LogP contribution in [0.25, 0.3) is 90.1 Å². The maximum Gasteiger partial charge on any atom is 0.0535 e. The van der Waals surface area contributed by atoms with Crippen LogP contribution in [0, 0.1) is 0 Å². The van der Waals surface area contributed by atoms with Crippen LogP contribution in [-0.2, 0) is 10.8 Å². The normalized spacial score (nSPS) is 13.6. The first-order valence-corrected chi connectivity index (χ1v) is 32.8.